The second kappa shape index (κ2) is 5.37. The number of amides is 2. The number of rotatable bonds is 4. The van der Waals surface area contributed by atoms with E-state index < -0.39 is 6.03 Å². The first-order valence-electron chi connectivity index (χ1n) is 6.22. The van der Waals surface area contributed by atoms with Crippen LogP contribution in [-0.2, 0) is 0 Å². The summed E-state index contributed by atoms with van der Waals surface area (Å²) in [5.41, 5.74) is 12.7. The summed E-state index contributed by atoms with van der Waals surface area (Å²) < 4.78 is 0. The number of benzene rings is 1. The minimum Gasteiger partial charge on any atom is -0.351 e. The zero-order valence-corrected chi connectivity index (χ0v) is 10.5. The van der Waals surface area contributed by atoms with Crippen LogP contribution in [0, 0.1) is 0 Å². The number of carbonyl (C=O) groups excluding carboxylic acids is 1. The van der Waals surface area contributed by atoms with E-state index in [2.05, 4.69) is 17.6 Å². The van der Waals surface area contributed by atoms with Gasteiger partial charge < -0.3 is 22.1 Å². The number of primary amides is 1. The summed E-state index contributed by atoms with van der Waals surface area (Å²) in [7, 11) is 0. The van der Waals surface area contributed by atoms with Crippen LogP contribution < -0.4 is 22.1 Å². The molecule has 0 aliphatic heterocycles. The summed E-state index contributed by atoms with van der Waals surface area (Å²) in [5, 5.41) is 6.07. The van der Waals surface area contributed by atoms with E-state index in [0.29, 0.717) is 17.8 Å². The van der Waals surface area contributed by atoms with Crippen molar-refractivity contribution in [2.45, 2.75) is 37.9 Å². The number of nitrogens with one attached hydrogen (secondary N) is 2. The van der Waals surface area contributed by atoms with Gasteiger partial charge in [0, 0.05) is 23.8 Å². The average Bonchev–Trinajstić information content (AvgIpc) is 2.27. The Morgan fingerprint density at radius 3 is 2.44 bits per heavy atom. The lowest BCUT2D eigenvalue weighted by Gasteiger charge is -2.35. The van der Waals surface area contributed by atoms with Gasteiger partial charge in [0.2, 0.25) is 0 Å². The monoisotopic (exact) mass is 248 g/mol. The lowest BCUT2D eigenvalue weighted by atomic mass is 9.87. The molecule has 0 radical (unpaired) electrons. The van der Waals surface area contributed by atoms with Crippen molar-refractivity contribution in [3.05, 3.63) is 29.8 Å². The fourth-order valence-corrected chi connectivity index (χ4v) is 2.25. The Labute approximate surface area is 107 Å². The maximum absolute atomic E-state index is 10.7. The molecule has 0 aromatic heterocycles. The average molecular weight is 248 g/mol. The zero-order valence-electron chi connectivity index (χ0n) is 10.5. The Bertz CT molecular complexity index is 412. The number of hydrogen-bond acceptors (Lipinski definition) is 3. The van der Waals surface area contributed by atoms with E-state index in [9.17, 15) is 4.79 Å². The van der Waals surface area contributed by atoms with E-state index in [0.717, 1.165) is 12.8 Å². The molecule has 5 nitrogen and oxygen atoms in total. The highest BCUT2D eigenvalue weighted by atomic mass is 16.2. The minimum atomic E-state index is -0.544. The fraction of sp³-hybridized carbons (Fsp3) is 0.462. The van der Waals surface area contributed by atoms with Crippen LogP contribution in [0.1, 0.15) is 31.4 Å². The van der Waals surface area contributed by atoms with Crippen LogP contribution in [0.5, 0.6) is 0 Å². The van der Waals surface area contributed by atoms with Gasteiger partial charge in [-0.25, -0.2) is 4.79 Å². The predicted molar refractivity (Wildman–Crippen MR) is 72.2 cm³/mol. The molecule has 0 heterocycles. The van der Waals surface area contributed by atoms with Crippen LogP contribution in [0.3, 0.4) is 0 Å². The molecule has 0 spiro atoms. The second-order valence-electron chi connectivity index (χ2n) is 4.93. The largest absolute Gasteiger partial charge is 0.351 e. The van der Waals surface area contributed by atoms with Crippen LogP contribution in [0.15, 0.2) is 24.3 Å². The lowest BCUT2D eigenvalue weighted by Crippen LogP contribution is -2.49. The molecule has 0 saturated heterocycles. The molecule has 1 aliphatic rings. The summed E-state index contributed by atoms with van der Waals surface area (Å²) in [5.74, 6) is 0. The first kappa shape index (κ1) is 12.9. The zero-order chi connectivity index (χ0) is 13.1. The standard InChI is InChI=1S/C13H20N4O/c1-8(16-12-6-10(14)7-12)9-2-4-11(5-3-9)17-13(15)18/h2-5,8,10,12,16H,6-7,14H2,1H3,(H3,15,17,18). The van der Waals surface area contributed by atoms with E-state index in [4.69, 9.17) is 11.5 Å². The van der Waals surface area contributed by atoms with Crippen LogP contribution in [-0.4, -0.2) is 18.1 Å². The molecule has 1 aliphatic carbocycles. The molecule has 98 valence electrons. The number of carbonyl (C=O) groups is 1. The third kappa shape index (κ3) is 3.21. The van der Waals surface area contributed by atoms with Crippen LogP contribution >= 0.6 is 0 Å². The van der Waals surface area contributed by atoms with Gasteiger partial charge in [0.1, 0.15) is 0 Å². The molecular formula is C13H20N4O. The number of anilines is 1. The first-order valence-corrected chi connectivity index (χ1v) is 6.22. The van der Waals surface area contributed by atoms with Gasteiger partial charge in [0.05, 0.1) is 0 Å². The molecule has 1 fully saturated rings. The highest BCUT2D eigenvalue weighted by Crippen LogP contribution is 2.23. The topological polar surface area (TPSA) is 93.2 Å². The third-order valence-corrected chi connectivity index (χ3v) is 3.34. The Morgan fingerprint density at radius 2 is 1.94 bits per heavy atom. The number of nitrogens with two attached hydrogens (primary N) is 2. The first-order chi connectivity index (χ1) is 8.54. The molecule has 1 aromatic rings. The van der Waals surface area contributed by atoms with Gasteiger partial charge in [-0.3, -0.25) is 0 Å². The van der Waals surface area contributed by atoms with Crippen molar-refractivity contribution >= 4 is 11.7 Å². The Morgan fingerprint density at radius 1 is 1.33 bits per heavy atom. The van der Waals surface area contributed by atoms with Crippen molar-refractivity contribution in [1.29, 1.82) is 0 Å². The Kier molecular flexibility index (Phi) is 3.84. The predicted octanol–water partition coefficient (Wildman–Crippen LogP) is 1.32. The Balaban J connectivity index is 1.90. The van der Waals surface area contributed by atoms with Crippen molar-refractivity contribution < 1.29 is 4.79 Å². The number of urea groups is 1. The van der Waals surface area contributed by atoms with Crippen molar-refractivity contribution in [3.8, 4) is 0 Å². The summed E-state index contributed by atoms with van der Waals surface area (Å²) >= 11 is 0. The van der Waals surface area contributed by atoms with Crippen molar-refractivity contribution in [3.63, 3.8) is 0 Å². The van der Waals surface area contributed by atoms with Crippen molar-refractivity contribution in [2.75, 3.05) is 5.32 Å². The number of hydrogen-bond donors (Lipinski definition) is 4. The van der Waals surface area contributed by atoms with Gasteiger partial charge in [-0.05, 0) is 37.5 Å². The molecule has 6 N–H and O–H groups in total. The van der Waals surface area contributed by atoms with E-state index in [1.54, 1.807) is 0 Å². The van der Waals surface area contributed by atoms with Crippen LogP contribution in [0.2, 0.25) is 0 Å². The van der Waals surface area contributed by atoms with Gasteiger partial charge in [-0.1, -0.05) is 12.1 Å². The van der Waals surface area contributed by atoms with Gasteiger partial charge >= 0.3 is 6.03 Å². The minimum absolute atomic E-state index is 0.283. The van der Waals surface area contributed by atoms with E-state index >= 15 is 0 Å². The van der Waals surface area contributed by atoms with Gasteiger partial charge in [0.25, 0.3) is 0 Å². The summed E-state index contributed by atoms with van der Waals surface area (Å²) in [6.07, 6.45) is 2.09. The molecule has 18 heavy (non-hydrogen) atoms. The molecule has 2 rings (SSSR count). The maximum Gasteiger partial charge on any atom is 0.316 e. The third-order valence-electron chi connectivity index (χ3n) is 3.34. The molecule has 5 heteroatoms. The van der Waals surface area contributed by atoms with Crippen molar-refractivity contribution in [2.24, 2.45) is 11.5 Å². The highest BCUT2D eigenvalue weighted by Gasteiger charge is 2.26. The Hall–Kier alpha value is -1.59. The van der Waals surface area contributed by atoms with E-state index in [1.807, 2.05) is 24.3 Å². The van der Waals surface area contributed by atoms with Gasteiger partial charge in [-0.15, -0.1) is 0 Å². The van der Waals surface area contributed by atoms with E-state index in [-0.39, 0.29) is 6.04 Å². The van der Waals surface area contributed by atoms with Crippen LogP contribution in [0.25, 0.3) is 0 Å². The smallest absolute Gasteiger partial charge is 0.316 e. The van der Waals surface area contributed by atoms with Crippen LogP contribution in [0.4, 0.5) is 10.5 Å². The normalized spacial score (nSPS) is 24.1. The van der Waals surface area contributed by atoms with Crippen molar-refractivity contribution in [1.82, 2.24) is 5.32 Å². The van der Waals surface area contributed by atoms with Gasteiger partial charge in [0.15, 0.2) is 0 Å². The van der Waals surface area contributed by atoms with E-state index in [1.165, 1.54) is 5.56 Å². The summed E-state index contributed by atoms with van der Waals surface area (Å²) in [6.45, 7) is 2.13. The quantitative estimate of drug-likeness (QED) is 0.647. The fourth-order valence-electron chi connectivity index (χ4n) is 2.25. The second-order valence-corrected chi connectivity index (χ2v) is 4.93. The lowest BCUT2D eigenvalue weighted by molar-refractivity contribution is 0.259. The molecule has 1 aromatic carbocycles. The highest BCUT2D eigenvalue weighted by molar-refractivity contribution is 5.87. The molecule has 1 unspecified atom stereocenters. The molecular weight excluding hydrogens is 228 g/mol. The summed E-state index contributed by atoms with van der Waals surface area (Å²) in [4.78, 5) is 10.7. The molecule has 1 atom stereocenters. The molecule has 2 amide bonds. The van der Waals surface area contributed by atoms with Gasteiger partial charge in [-0.2, -0.15) is 0 Å². The molecule has 1 saturated carbocycles. The molecule has 0 bridgehead atoms. The maximum atomic E-state index is 10.7. The SMILES string of the molecule is CC(NC1CC(N)C1)c1ccc(NC(N)=O)cc1. The summed E-state index contributed by atoms with van der Waals surface area (Å²) in [6, 6.07) is 8.30.